The van der Waals surface area contributed by atoms with Gasteiger partial charge in [0.05, 0.1) is 0 Å². The highest BCUT2D eigenvalue weighted by Gasteiger charge is 2.41. The first-order valence-electron chi connectivity index (χ1n) is 7.93. The summed E-state index contributed by atoms with van der Waals surface area (Å²) in [6.07, 6.45) is 6.24. The van der Waals surface area contributed by atoms with Crippen LogP contribution in [0.25, 0.3) is 0 Å². The molecule has 4 rings (SSSR count). The molecule has 2 saturated carbocycles. The van der Waals surface area contributed by atoms with Crippen LogP contribution < -0.4 is 10.6 Å². The highest BCUT2D eigenvalue weighted by molar-refractivity contribution is 5.84. The highest BCUT2D eigenvalue weighted by atomic mass is 16.2. The van der Waals surface area contributed by atoms with Gasteiger partial charge in [-0.25, -0.2) is 0 Å². The minimum absolute atomic E-state index is 0.154. The van der Waals surface area contributed by atoms with Gasteiger partial charge in [-0.1, -0.05) is 30.7 Å². The van der Waals surface area contributed by atoms with E-state index in [9.17, 15) is 4.79 Å². The Hall–Kier alpha value is -1.35. The molecular formula is C17H22N2O. The number of hydrogen-bond donors (Lipinski definition) is 2. The Morgan fingerprint density at radius 3 is 2.90 bits per heavy atom. The Balaban J connectivity index is 1.49. The van der Waals surface area contributed by atoms with Gasteiger partial charge in [0.2, 0.25) is 5.91 Å². The lowest BCUT2D eigenvalue weighted by Gasteiger charge is -2.29. The van der Waals surface area contributed by atoms with Crippen LogP contribution in [0.3, 0.4) is 0 Å². The van der Waals surface area contributed by atoms with Gasteiger partial charge in [-0.2, -0.15) is 0 Å². The van der Waals surface area contributed by atoms with Crippen LogP contribution >= 0.6 is 0 Å². The molecule has 2 aliphatic carbocycles. The third-order valence-electron chi connectivity index (χ3n) is 5.44. The topological polar surface area (TPSA) is 41.1 Å². The van der Waals surface area contributed by atoms with E-state index in [1.807, 2.05) is 6.07 Å². The fraction of sp³-hybridized carbons (Fsp3) is 0.588. The number of benzene rings is 1. The molecule has 4 unspecified atom stereocenters. The molecule has 3 nitrogen and oxygen atoms in total. The lowest BCUT2D eigenvalue weighted by atomic mass is 9.92. The van der Waals surface area contributed by atoms with Gasteiger partial charge < -0.3 is 10.6 Å². The lowest BCUT2D eigenvalue weighted by molar-refractivity contribution is -0.124. The van der Waals surface area contributed by atoms with Gasteiger partial charge in [0.1, 0.15) is 6.04 Å². The van der Waals surface area contributed by atoms with Crippen molar-refractivity contribution in [3.8, 4) is 0 Å². The maximum absolute atomic E-state index is 12.6. The van der Waals surface area contributed by atoms with E-state index in [1.165, 1.54) is 36.8 Å². The van der Waals surface area contributed by atoms with Crippen molar-refractivity contribution >= 4 is 5.91 Å². The summed E-state index contributed by atoms with van der Waals surface area (Å²) < 4.78 is 0. The summed E-state index contributed by atoms with van der Waals surface area (Å²) in [6.45, 7) is 0.895. The lowest BCUT2D eigenvalue weighted by Crippen LogP contribution is -2.46. The molecule has 0 radical (unpaired) electrons. The molecular weight excluding hydrogens is 248 g/mol. The van der Waals surface area contributed by atoms with Crippen LogP contribution in [0.15, 0.2) is 24.3 Å². The Morgan fingerprint density at radius 2 is 2.10 bits per heavy atom. The summed E-state index contributed by atoms with van der Waals surface area (Å²) >= 11 is 0. The number of rotatable bonds is 2. The van der Waals surface area contributed by atoms with E-state index in [-0.39, 0.29) is 11.9 Å². The minimum atomic E-state index is -0.154. The van der Waals surface area contributed by atoms with Gasteiger partial charge in [-0.05, 0) is 48.6 Å². The van der Waals surface area contributed by atoms with E-state index in [1.54, 1.807) is 0 Å². The predicted octanol–water partition coefficient (Wildman–Crippen LogP) is 2.18. The molecule has 3 heteroatoms. The zero-order valence-electron chi connectivity index (χ0n) is 11.8. The van der Waals surface area contributed by atoms with Crippen LogP contribution in [0.4, 0.5) is 0 Å². The van der Waals surface area contributed by atoms with Crippen LogP contribution in [-0.4, -0.2) is 18.5 Å². The first-order valence-corrected chi connectivity index (χ1v) is 7.93. The number of nitrogens with one attached hydrogen (secondary N) is 2. The first kappa shape index (κ1) is 12.4. The third kappa shape index (κ3) is 2.05. The molecule has 1 aromatic rings. The summed E-state index contributed by atoms with van der Waals surface area (Å²) in [5, 5.41) is 6.70. The van der Waals surface area contributed by atoms with E-state index in [4.69, 9.17) is 0 Å². The summed E-state index contributed by atoms with van der Waals surface area (Å²) in [7, 11) is 0. The van der Waals surface area contributed by atoms with Crippen molar-refractivity contribution in [1.29, 1.82) is 0 Å². The van der Waals surface area contributed by atoms with Crippen LogP contribution in [-0.2, 0) is 11.2 Å². The van der Waals surface area contributed by atoms with E-state index in [0.717, 1.165) is 24.8 Å². The van der Waals surface area contributed by atoms with Gasteiger partial charge in [0, 0.05) is 12.6 Å². The molecule has 0 aromatic heterocycles. The monoisotopic (exact) mass is 270 g/mol. The fourth-order valence-electron chi connectivity index (χ4n) is 4.43. The van der Waals surface area contributed by atoms with Crippen molar-refractivity contribution in [3.05, 3.63) is 35.4 Å². The van der Waals surface area contributed by atoms with Crippen molar-refractivity contribution in [2.24, 2.45) is 11.8 Å². The van der Waals surface area contributed by atoms with Crippen molar-refractivity contribution in [3.63, 3.8) is 0 Å². The molecule has 1 aromatic carbocycles. The van der Waals surface area contributed by atoms with Gasteiger partial charge in [0.25, 0.3) is 0 Å². The number of amides is 1. The maximum atomic E-state index is 12.6. The number of hydrogen-bond acceptors (Lipinski definition) is 2. The van der Waals surface area contributed by atoms with Crippen LogP contribution in [0, 0.1) is 11.8 Å². The standard InChI is InChI=1S/C17H22N2O/c20-17(19-15-10-11-5-6-13(15)9-11)16-14-4-2-1-3-12(14)7-8-18-16/h1-4,11,13,15-16,18H,5-10H2,(H,19,20). The Morgan fingerprint density at radius 1 is 1.20 bits per heavy atom. The molecule has 20 heavy (non-hydrogen) atoms. The minimum Gasteiger partial charge on any atom is -0.351 e. The molecule has 4 atom stereocenters. The van der Waals surface area contributed by atoms with Gasteiger partial charge in [-0.3, -0.25) is 4.79 Å². The fourth-order valence-corrected chi connectivity index (χ4v) is 4.43. The Bertz CT molecular complexity index is 527. The molecule has 1 aliphatic heterocycles. The zero-order valence-corrected chi connectivity index (χ0v) is 11.8. The molecule has 1 heterocycles. The van der Waals surface area contributed by atoms with E-state index >= 15 is 0 Å². The van der Waals surface area contributed by atoms with Crippen molar-refractivity contribution in [1.82, 2.24) is 10.6 Å². The van der Waals surface area contributed by atoms with Crippen LogP contribution in [0.1, 0.15) is 42.9 Å². The quantitative estimate of drug-likeness (QED) is 0.865. The van der Waals surface area contributed by atoms with Crippen molar-refractivity contribution < 1.29 is 4.79 Å². The van der Waals surface area contributed by atoms with Gasteiger partial charge in [0.15, 0.2) is 0 Å². The Kier molecular flexibility index (Phi) is 3.03. The molecule has 0 saturated heterocycles. The van der Waals surface area contributed by atoms with Crippen LogP contribution in [0.2, 0.25) is 0 Å². The molecule has 106 valence electrons. The summed E-state index contributed by atoms with van der Waals surface area (Å²) in [6, 6.07) is 8.61. The second-order valence-corrected chi connectivity index (χ2v) is 6.63. The largest absolute Gasteiger partial charge is 0.351 e. The number of carbonyl (C=O) groups excluding carboxylic acids is 1. The molecule has 1 amide bonds. The maximum Gasteiger partial charge on any atom is 0.241 e. The van der Waals surface area contributed by atoms with E-state index in [0.29, 0.717) is 6.04 Å². The van der Waals surface area contributed by atoms with Gasteiger partial charge in [-0.15, -0.1) is 0 Å². The van der Waals surface area contributed by atoms with E-state index < -0.39 is 0 Å². The SMILES string of the molecule is O=C(NC1CC2CCC1C2)C1NCCc2ccccc21. The average molecular weight is 270 g/mol. The summed E-state index contributed by atoms with van der Waals surface area (Å²) in [4.78, 5) is 12.6. The number of fused-ring (bicyclic) bond motifs is 3. The molecule has 2 N–H and O–H groups in total. The number of carbonyl (C=O) groups is 1. The summed E-state index contributed by atoms with van der Waals surface area (Å²) in [5.74, 6) is 1.79. The van der Waals surface area contributed by atoms with E-state index in [2.05, 4.69) is 28.8 Å². The van der Waals surface area contributed by atoms with Gasteiger partial charge >= 0.3 is 0 Å². The Labute approximate surface area is 120 Å². The average Bonchev–Trinajstić information content (AvgIpc) is 3.09. The first-order chi connectivity index (χ1) is 9.81. The van der Waals surface area contributed by atoms with Crippen molar-refractivity contribution in [2.45, 2.75) is 44.2 Å². The summed E-state index contributed by atoms with van der Waals surface area (Å²) in [5.41, 5.74) is 2.48. The normalized spacial score (nSPS) is 34.8. The smallest absolute Gasteiger partial charge is 0.241 e. The van der Waals surface area contributed by atoms with Crippen molar-refractivity contribution in [2.75, 3.05) is 6.54 Å². The predicted molar refractivity (Wildman–Crippen MR) is 78.3 cm³/mol. The second-order valence-electron chi connectivity index (χ2n) is 6.63. The molecule has 2 fully saturated rings. The highest BCUT2D eigenvalue weighted by Crippen LogP contribution is 2.44. The second kappa shape index (κ2) is 4.88. The molecule has 3 aliphatic rings. The van der Waals surface area contributed by atoms with Crippen LogP contribution in [0.5, 0.6) is 0 Å². The molecule has 2 bridgehead atoms. The zero-order chi connectivity index (χ0) is 13.5. The molecule has 0 spiro atoms. The third-order valence-corrected chi connectivity index (χ3v) is 5.44.